The first kappa shape index (κ1) is 26.7. The van der Waals surface area contributed by atoms with Gasteiger partial charge in [-0.05, 0) is 37.6 Å². The quantitative estimate of drug-likeness (QED) is 0.247. The summed E-state index contributed by atoms with van der Waals surface area (Å²) >= 11 is 0. The van der Waals surface area contributed by atoms with Crippen LogP contribution in [0.1, 0.15) is 31.3 Å². The normalized spacial score (nSPS) is 14.0. The first-order valence-electron chi connectivity index (χ1n) is 14.6. The molecular weight excluding hydrogens is 534 g/mol. The number of nitrogens with zero attached hydrogens (tertiary/aromatic N) is 9. The number of rotatable bonds is 6. The minimum atomic E-state index is 0.210. The monoisotopic (exact) mass is 565 g/mol. The van der Waals surface area contributed by atoms with E-state index in [-0.39, 0.29) is 5.82 Å². The lowest BCUT2D eigenvalue weighted by Crippen LogP contribution is -2.46. The van der Waals surface area contributed by atoms with Crippen molar-refractivity contribution in [3.8, 4) is 28.6 Å². The van der Waals surface area contributed by atoms with Crippen LogP contribution < -0.4 is 4.90 Å². The molecule has 9 heteroatoms. The van der Waals surface area contributed by atoms with Gasteiger partial charge in [-0.2, -0.15) is 5.26 Å². The molecule has 0 aliphatic carbocycles. The van der Waals surface area contributed by atoms with Crippen LogP contribution in [0.15, 0.2) is 85.3 Å². The number of imidazole rings is 1. The van der Waals surface area contributed by atoms with Gasteiger partial charge in [0, 0.05) is 56.1 Å². The van der Waals surface area contributed by atoms with Gasteiger partial charge in [-0.1, -0.05) is 54.6 Å². The zero-order chi connectivity index (χ0) is 29.3. The summed E-state index contributed by atoms with van der Waals surface area (Å²) in [6, 6.07) is 27.3. The standard InChI is InChI=1S/C34H31N9/c1-23(2)43-22-37-29-18-27-28(19-30(29)43)39-33(25-6-4-3-5-7-25)34(38-27)26-10-8-24(9-11-26)21-41-14-16-42(17-15-41)32-12-13-36-31(20-35)40-32/h3-13,18-19,22-23H,14-17,21H2,1-2H3. The SMILES string of the molecule is CC(C)n1cnc2cc3nc(-c4ccc(CN5CCN(c6ccnc(C#N)n6)CC5)cc4)c(-c4ccccc4)nc3cc21. The molecule has 1 saturated heterocycles. The molecule has 0 amide bonds. The number of aromatic nitrogens is 6. The molecule has 9 nitrogen and oxygen atoms in total. The molecule has 1 fully saturated rings. The fraction of sp³-hybridized carbons (Fsp3) is 0.235. The number of piperazine rings is 1. The van der Waals surface area contributed by atoms with Crippen LogP contribution in [0, 0.1) is 11.3 Å². The maximum absolute atomic E-state index is 9.12. The second-order valence-corrected chi connectivity index (χ2v) is 11.2. The summed E-state index contributed by atoms with van der Waals surface area (Å²) in [7, 11) is 0. The van der Waals surface area contributed by atoms with E-state index in [1.54, 1.807) is 6.20 Å². The minimum absolute atomic E-state index is 0.210. The minimum Gasteiger partial charge on any atom is -0.354 e. The maximum atomic E-state index is 9.12. The molecule has 7 rings (SSSR count). The molecule has 4 heterocycles. The van der Waals surface area contributed by atoms with E-state index >= 15 is 0 Å². The highest BCUT2D eigenvalue weighted by atomic mass is 15.3. The summed E-state index contributed by atoms with van der Waals surface area (Å²) in [5.74, 6) is 1.03. The second-order valence-electron chi connectivity index (χ2n) is 11.2. The van der Waals surface area contributed by atoms with Gasteiger partial charge in [0.05, 0.1) is 39.8 Å². The van der Waals surface area contributed by atoms with Crippen molar-refractivity contribution in [2.24, 2.45) is 0 Å². The first-order valence-corrected chi connectivity index (χ1v) is 14.6. The highest BCUT2D eigenvalue weighted by Gasteiger charge is 2.20. The fourth-order valence-electron chi connectivity index (χ4n) is 5.73. The molecule has 1 aliphatic rings. The van der Waals surface area contributed by atoms with E-state index in [4.69, 9.17) is 15.2 Å². The van der Waals surface area contributed by atoms with Crippen LogP contribution >= 0.6 is 0 Å². The lowest BCUT2D eigenvalue weighted by atomic mass is 10.0. The van der Waals surface area contributed by atoms with Crippen molar-refractivity contribution >= 4 is 27.9 Å². The van der Waals surface area contributed by atoms with E-state index in [9.17, 15) is 0 Å². The summed E-state index contributed by atoms with van der Waals surface area (Å²) in [6.07, 6.45) is 3.55. The van der Waals surface area contributed by atoms with Crippen molar-refractivity contribution in [3.63, 3.8) is 0 Å². The summed E-state index contributed by atoms with van der Waals surface area (Å²) < 4.78 is 2.17. The Bertz CT molecular complexity index is 1950. The van der Waals surface area contributed by atoms with Gasteiger partial charge in [-0.3, -0.25) is 4.90 Å². The number of hydrogen-bond donors (Lipinski definition) is 0. The van der Waals surface area contributed by atoms with Gasteiger partial charge in [0.1, 0.15) is 11.9 Å². The van der Waals surface area contributed by atoms with Gasteiger partial charge >= 0.3 is 0 Å². The Morgan fingerprint density at radius 1 is 0.767 bits per heavy atom. The number of hydrogen-bond acceptors (Lipinski definition) is 8. The van der Waals surface area contributed by atoms with Crippen molar-refractivity contribution in [1.82, 2.24) is 34.4 Å². The largest absolute Gasteiger partial charge is 0.354 e. The number of nitriles is 1. The predicted molar refractivity (Wildman–Crippen MR) is 168 cm³/mol. The van der Waals surface area contributed by atoms with Crippen LogP contribution in [0.25, 0.3) is 44.6 Å². The van der Waals surface area contributed by atoms with Crippen molar-refractivity contribution in [3.05, 3.63) is 96.7 Å². The van der Waals surface area contributed by atoms with Crippen molar-refractivity contribution in [1.29, 1.82) is 5.26 Å². The van der Waals surface area contributed by atoms with Crippen molar-refractivity contribution in [2.45, 2.75) is 26.4 Å². The second kappa shape index (κ2) is 11.2. The number of anilines is 1. The molecule has 0 bridgehead atoms. The highest BCUT2D eigenvalue weighted by Crippen LogP contribution is 2.33. The number of benzene rings is 3. The molecule has 1 aliphatic heterocycles. The Morgan fingerprint density at radius 2 is 1.47 bits per heavy atom. The third-order valence-electron chi connectivity index (χ3n) is 8.03. The third kappa shape index (κ3) is 5.29. The van der Waals surface area contributed by atoms with Gasteiger partial charge in [0.25, 0.3) is 0 Å². The van der Waals surface area contributed by atoms with Crippen molar-refractivity contribution in [2.75, 3.05) is 31.1 Å². The van der Waals surface area contributed by atoms with Crippen LogP contribution in [0.5, 0.6) is 0 Å². The van der Waals surface area contributed by atoms with Gasteiger partial charge in [0.2, 0.25) is 5.82 Å². The van der Waals surface area contributed by atoms with Crippen molar-refractivity contribution < 1.29 is 0 Å². The fourth-order valence-corrected chi connectivity index (χ4v) is 5.73. The van der Waals surface area contributed by atoms with Crippen LogP contribution in [-0.4, -0.2) is 60.6 Å². The summed E-state index contributed by atoms with van der Waals surface area (Å²) in [5.41, 5.74) is 8.75. The van der Waals surface area contributed by atoms with Gasteiger partial charge in [-0.15, -0.1) is 0 Å². The molecule has 0 radical (unpaired) electrons. The van der Waals surface area contributed by atoms with E-state index in [1.165, 1.54) is 5.56 Å². The molecule has 212 valence electrons. The molecule has 43 heavy (non-hydrogen) atoms. The molecular formula is C34H31N9. The van der Waals surface area contributed by atoms with E-state index in [2.05, 4.69) is 85.6 Å². The lowest BCUT2D eigenvalue weighted by Gasteiger charge is -2.35. The maximum Gasteiger partial charge on any atom is 0.234 e. The lowest BCUT2D eigenvalue weighted by molar-refractivity contribution is 0.249. The Kier molecular flexibility index (Phi) is 6.97. The van der Waals surface area contributed by atoms with Crippen LogP contribution in [0.2, 0.25) is 0 Å². The summed E-state index contributed by atoms with van der Waals surface area (Å²) in [6.45, 7) is 8.74. The van der Waals surface area contributed by atoms with Crippen LogP contribution in [0.3, 0.4) is 0 Å². The third-order valence-corrected chi connectivity index (χ3v) is 8.03. The number of fused-ring (bicyclic) bond motifs is 2. The average molecular weight is 566 g/mol. The van der Waals surface area contributed by atoms with E-state index in [0.29, 0.717) is 6.04 Å². The molecule has 0 saturated carbocycles. The average Bonchev–Trinajstić information content (AvgIpc) is 3.47. The molecule has 0 atom stereocenters. The zero-order valence-corrected chi connectivity index (χ0v) is 24.2. The summed E-state index contributed by atoms with van der Waals surface area (Å²) in [4.78, 5) is 28.0. The van der Waals surface area contributed by atoms with Gasteiger partial charge < -0.3 is 9.47 Å². The topological polar surface area (TPSA) is 99.7 Å². The van der Waals surface area contributed by atoms with Gasteiger partial charge in [0.15, 0.2) is 0 Å². The van der Waals surface area contributed by atoms with E-state index in [0.717, 1.165) is 83.1 Å². The zero-order valence-electron chi connectivity index (χ0n) is 24.2. The molecule has 3 aromatic heterocycles. The predicted octanol–water partition coefficient (Wildman–Crippen LogP) is 5.88. The molecule has 0 spiro atoms. The molecule has 6 aromatic rings. The Morgan fingerprint density at radius 3 is 2.16 bits per heavy atom. The first-order chi connectivity index (χ1) is 21.1. The van der Waals surface area contributed by atoms with E-state index in [1.807, 2.05) is 42.7 Å². The Hall–Kier alpha value is -5.20. The summed E-state index contributed by atoms with van der Waals surface area (Å²) in [5, 5.41) is 9.12. The Labute approximate surface area is 250 Å². The Balaban J connectivity index is 1.15. The van der Waals surface area contributed by atoms with Gasteiger partial charge in [-0.25, -0.2) is 24.9 Å². The highest BCUT2D eigenvalue weighted by molar-refractivity contribution is 5.94. The molecule has 3 aromatic carbocycles. The van der Waals surface area contributed by atoms with Crippen LogP contribution in [0.4, 0.5) is 5.82 Å². The molecule has 0 unspecified atom stereocenters. The molecule has 0 N–H and O–H groups in total. The van der Waals surface area contributed by atoms with E-state index < -0.39 is 0 Å². The van der Waals surface area contributed by atoms with Crippen LogP contribution in [-0.2, 0) is 6.54 Å². The smallest absolute Gasteiger partial charge is 0.234 e.